The zero-order chi connectivity index (χ0) is 18.8. The third kappa shape index (κ3) is 3.75. The Labute approximate surface area is 157 Å². The minimum Gasteiger partial charge on any atom is -0.368 e. The fraction of sp³-hybridized carbons (Fsp3) is 0.368. The Bertz CT molecular complexity index is 849. The molecule has 2 aromatic rings. The number of anilines is 1. The summed E-state index contributed by atoms with van der Waals surface area (Å²) in [5, 5.41) is 0. The molecular formula is C19H22N6O2. The van der Waals surface area contributed by atoms with Gasteiger partial charge in [-0.2, -0.15) is 0 Å². The average molecular weight is 366 g/mol. The van der Waals surface area contributed by atoms with Gasteiger partial charge in [-0.1, -0.05) is 30.3 Å². The van der Waals surface area contributed by atoms with E-state index in [0.29, 0.717) is 23.8 Å². The number of piperazine rings is 1. The Morgan fingerprint density at radius 2 is 1.85 bits per heavy atom. The number of hydrogen-bond acceptors (Lipinski definition) is 6. The summed E-state index contributed by atoms with van der Waals surface area (Å²) in [6.07, 6.45) is 1.57. The van der Waals surface area contributed by atoms with Crippen LogP contribution in [0.3, 0.4) is 0 Å². The van der Waals surface area contributed by atoms with Crippen LogP contribution >= 0.6 is 0 Å². The van der Waals surface area contributed by atoms with Gasteiger partial charge in [-0.05, 0) is 5.56 Å². The molecule has 0 bridgehead atoms. The first-order valence-corrected chi connectivity index (χ1v) is 9.05. The Kier molecular flexibility index (Phi) is 4.72. The number of rotatable bonds is 5. The van der Waals surface area contributed by atoms with Gasteiger partial charge in [0.2, 0.25) is 11.9 Å². The molecule has 2 amide bonds. The second kappa shape index (κ2) is 7.32. The molecule has 1 saturated heterocycles. The van der Waals surface area contributed by atoms with E-state index in [1.165, 1.54) is 10.5 Å². The first kappa shape index (κ1) is 17.4. The fourth-order valence-electron chi connectivity index (χ4n) is 3.54. The van der Waals surface area contributed by atoms with E-state index in [-0.39, 0.29) is 12.5 Å². The van der Waals surface area contributed by atoms with Crippen molar-refractivity contribution in [1.29, 1.82) is 0 Å². The maximum Gasteiger partial charge on any atom is 0.258 e. The smallest absolute Gasteiger partial charge is 0.258 e. The SMILES string of the molecule is NC(=O)CN1Cc2nc(N3CCN(Cc4ccccc4)CC3)ncc2C1=O. The van der Waals surface area contributed by atoms with Crippen LogP contribution in [0.5, 0.6) is 0 Å². The van der Waals surface area contributed by atoms with Crippen LogP contribution in [0.15, 0.2) is 36.5 Å². The summed E-state index contributed by atoms with van der Waals surface area (Å²) >= 11 is 0. The molecule has 1 aromatic heterocycles. The summed E-state index contributed by atoms with van der Waals surface area (Å²) in [6.45, 7) is 4.69. The van der Waals surface area contributed by atoms with Gasteiger partial charge < -0.3 is 15.5 Å². The largest absolute Gasteiger partial charge is 0.368 e. The summed E-state index contributed by atoms with van der Waals surface area (Å²) in [4.78, 5) is 38.3. The zero-order valence-corrected chi connectivity index (χ0v) is 15.0. The highest BCUT2D eigenvalue weighted by atomic mass is 16.2. The Morgan fingerprint density at radius 3 is 2.56 bits per heavy atom. The first-order chi connectivity index (χ1) is 13.1. The molecular weight excluding hydrogens is 344 g/mol. The van der Waals surface area contributed by atoms with Crippen LogP contribution in [0.25, 0.3) is 0 Å². The van der Waals surface area contributed by atoms with E-state index in [1.807, 2.05) is 6.07 Å². The van der Waals surface area contributed by atoms with E-state index in [4.69, 9.17) is 5.73 Å². The number of hydrogen-bond donors (Lipinski definition) is 1. The second-order valence-corrected chi connectivity index (χ2v) is 6.91. The van der Waals surface area contributed by atoms with Crippen molar-refractivity contribution in [2.75, 3.05) is 37.6 Å². The van der Waals surface area contributed by atoms with Gasteiger partial charge in [0, 0.05) is 38.9 Å². The van der Waals surface area contributed by atoms with Crippen LogP contribution in [0.2, 0.25) is 0 Å². The molecule has 8 nitrogen and oxygen atoms in total. The lowest BCUT2D eigenvalue weighted by Crippen LogP contribution is -2.46. The van der Waals surface area contributed by atoms with Gasteiger partial charge in [-0.25, -0.2) is 9.97 Å². The molecule has 2 N–H and O–H groups in total. The van der Waals surface area contributed by atoms with E-state index in [2.05, 4.69) is 44.0 Å². The average Bonchev–Trinajstić information content (AvgIpc) is 2.97. The van der Waals surface area contributed by atoms with Crippen LogP contribution < -0.4 is 10.6 Å². The standard InChI is InChI=1S/C19H22N6O2/c20-17(26)13-25-12-16-15(18(25)27)10-21-19(22-16)24-8-6-23(7-9-24)11-14-4-2-1-3-5-14/h1-5,10H,6-9,11-13H2,(H2,20,26). The number of nitrogens with zero attached hydrogens (tertiary/aromatic N) is 5. The number of amides is 2. The molecule has 4 rings (SSSR count). The van der Waals surface area contributed by atoms with Gasteiger partial charge in [0.1, 0.15) is 6.54 Å². The molecule has 0 atom stereocenters. The molecule has 0 unspecified atom stereocenters. The quantitative estimate of drug-likeness (QED) is 0.814. The zero-order valence-electron chi connectivity index (χ0n) is 15.0. The van der Waals surface area contributed by atoms with Crippen LogP contribution in [0.1, 0.15) is 21.6 Å². The molecule has 0 aliphatic carbocycles. The van der Waals surface area contributed by atoms with Crippen LogP contribution in [-0.2, 0) is 17.9 Å². The van der Waals surface area contributed by atoms with Crippen molar-refractivity contribution in [3.05, 3.63) is 53.3 Å². The minimum atomic E-state index is -0.529. The lowest BCUT2D eigenvalue weighted by Gasteiger charge is -2.34. The molecule has 3 heterocycles. The fourth-order valence-corrected chi connectivity index (χ4v) is 3.54. The number of fused-ring (bicyclic) bond motifs is 1. The van der Waals surface area contributed by atoms with E-state index in [1.54, 1.807) is 6.20 Å². The van der Waals surface area contributed by atoms with Crippen molar-refractivity contribution >= 4 is 17.8 Å². The third-order valence-electron chi connectivity index (χ3n) is 4.96. The first-order valence-electron chi connectivity index (χ1n) is 9.05. The highest BCUT2D eigenvalue weighted by Crippen LogP contribution is 2.23. The number of aromatic nitrogens is 2. The monoisotopic (exact) mass is 366 g/mol. The predicted molar refractivity (Wildman–Crippen MR) is 99.9 cm³/mol. The van der Waals surface area contributed by atoms with E-state index in [9.17, 15) is 9.59 Å². The van der Waals surface area contributed by atoms with Crippen LogP contribution in [-0.4, -0.2) is 64.3 Å². The van der Waals surface area contributed by atoms with Crippen molar-refractivity contribution in [3.63, 3.8) is 0 Å². The number of carbonyl (C=O) groups is 2. The van der Waals surface area contributed by atoms with Gasteiger partial charge in [0.15, 0.2) is 0 Å². The van der Waals surface area contributed by atoms with Gasteiger partial charge in [0.25, 0.3) is 5.91 Å². The van der Waals surface area contributed by atoms with Crippen molar-refractivity contribution < 1.29 is 9.59 Å². The summed E-state index contributed by atoms with van der Waals surface area (Å²) in [7, 11) is 0. The third-order valence-corrected chi connectivity index (χ3v) is 4.96. The van der Waals surface area contributed by atoms with Crippen molar-refractivity contribution in [3.8, 4) is 0 Å². The number of carbonyl (C=O) groups excluding carboxylic acids is 2. The maximum atomic E-state index is 12.3. The maximum absolute atomic E-state index is 12.3. The van der Waals surface area contributed by atoms with Crippen molar-refractivity contribution in [1.82, 2.24) is 19.8 Å². The van der Waals surface area contributed by atoms with Gasteiger partial charge >= 0.3 is 0 Å². The van der Waals surface area contributed by atoms with E-state index in [0.717, 1.165) is 32.7 Å². The highest BCUT2D eigenvalue weighted by Gasteiger charge is 2.31. The van der Waals surface area contributed by atoms with E-state index >= 15 is 0 Å². The van der Waals surface area contributed by atoms with Crippen LogP contribution in [0.4, 0.5) is 5.95 Å². The molecule has 8 heteroatoms. The molecule has 27 heavy (non-hydrogen) atoms. The van der Waals surface area contributed by atoms with E-state index < -0.39 is 5.91 Å². The Hall–Kier alpha value is -3.00. The summed E-state index contributed by atoms with van der Waals surface area (Å²) in [6, 6.07) is 10.4. The normalized spacial score (nSPS) is 17.3. The molecule has 0 spiro atoms. The predicted octanol–water partition coefficient (Wildman–Crippen LogP) is 0.240. The number of primary amides is 1. The second-order valence-electron chi connectivity index (χ2n) is 6.91. The van der Waals surface area contributed by atoms with Gasteiger partial charge in [-0.15, -0.1) is 0 Å². The lowest BCUT2D eigenvalue weighted by atomic mass is 10.2. The van der Waals surface area contributed by atoms with Gasteiger partial charge in [0.05, 0.1) is 17.8 Å². The Morgan fingerprint density at radius 1 is 1.11 bits per heavy atom. The van der Waals surface area contributed by atoms with Crippen molar-refractivity contribution in [2.45, 2.75) is 13.1 Å². The number of nitrogens with two attached hydrogens (primary N) is 1. The van der Waals surface area contributed by atoms with Crippen LogP contribution in [0, 0.1) is 0 Å². The molecule has 0 radical (unpaired) electrons. The molecule has 0 saturated carbocycles. The summed E-state index contributed by atoms with van der Waals surface area (Å²) < 4.78 is 0. The molecule has 1 aromatic carbocycles. The summed E-state index contributed by atoms with van der Waals surface area (Å²) in [5.74, 6) is -0.122. The lowest BCUT2D eigenvalue weighted by molar-refractivity contribution is -0.118. The topological polar surface area (TPSA) is 95.7 Å². The molecule has 2 aliphatic rings. The van der Waals surface area contributed by atoms with Gasteiger partial charge in [-0.3, -0.25) is 14.5 Å². The Balaban J connectivity index is 1.39. The molecule has 1 fully saturated rings. The minimum absolute atomic E-state index is 0.0946. The highest BCUT2D eigenvalue weighted by molar-refractivity contribution is 5.99. The number of benzene rings is 1. The molecule has 2 aliphatic heterocycles. The van der Waals surface area contributed by atoms with Crippen molar-refractivity contribution in [2.24, 2.45) is 5.73 Å². The molecule has 140 valence electrons. The summed E-state index contributed by atoms with van der Waals surface area (Å²) in [5.41, 5.74) is 7.64.